The van der Waals surface area contributed by atoms with E-state index >= 15 is 0 Å². The number of benzene rings is 1. The van der Waals surface area contributed by atoms with Crippen molar-refractivity contribution < 1.29 is 14.3 Å². The van der Waals surface area contributed by atoms with E-state index in [0.29, 0.717) is 12.5 Å². The second-order valence-corrected chi connectivity index (χ2v) is 9.77. The van der Waals surface area contributed by atoms with Crippen LogP contribution in [-0.2, 0) is 9.53 Å². The van der Waals surface area contributed by atoms with E-state index in [2.05, 4.69) is 31.0 Å². The number of hydrogen-bond donors (Lipinski definition) is 1. The van der Waals surface area contributed by atoms with Crippen LogP contribution in [-0.4, -0.2) is 49.3 Å². The van der Waals surface area contributed by atoms with E-state index < -0.39 is 5.60 Å². The Morgan fingerprint density at radius 3 is 2.61 bits per heavy atom. The first kappa shape index (κ1) is 24.1. The molecular formula is C26H42N2O3. The first-order valence-electron chi connectivity index (χ1n) is 12.4. The number of rotatable bonds is 10. The molecule has 1 saturated carbocycles. The molecule has 1 aliphatic carbocycles. The number of nitrogens with zero attached hydrogens (tertiary/aromatic N) is 1. The van der Waals surface area contributed by atoms with Crippen LogP contribution in [0.25, 0.3) is 0 Å². The fourth-order valence-corrected chi connectivity index (χ4v) is 5.05. The summed E-state index contributed by atoms with van der Waals surface area (Å²) in [6, 6.07) is 7.75. The van der Waals surface area contributed by atoms with Gasteiger partial charge < -0.3 is 19.7 Å². The van der Waals surface area contributed by atoms with Crippen molar-refractivity contribution in [2.75, 3.05) is 38.2 Å². The summed E-state index contributed by atoms with van der Waals surface area (Å²) >= 11 is 0. The van der Waals surface area contributed by atoms with Crippen LogP contribution >= 0.6 is 0 Å². The molecule has 174 valence electrons. The Morgan fingerprint density at radius 2 is 1.90 bits per heavy atom. The monoisotopic (exact) mass is 430 g/mol. The predicted octanol–water partition coefficient (Wildman–Crippen LogP) is 5.50. The summed E-state index contributed by atoms with van der Waals surface area (Å²) in [5.41, 5.74) is 0.117. The summed E-state index contributed by atoms with van der Waals surface area (Å²) in [7, 11) is 0. The third-order valence-electron chi connectivity index (χ3n) is 6.69. The molecule has 2 aliphatic rings. The highest BCUT2D eigenvalue weighted by molar-refractivity contribution is 5.97. The molecular weight excluding hydrogens is 388 g/mol. The van der Waals surface area contributed by atoms with Crippen LogP contribution in [0.4, 0.5) is 5.69 Å². The second-order valence-electron chi connectivity index (χ2n) is 9.77. The Kier molecular flexibility index (Phi) is 9.21. The fraction of sp³-hybridized carbons (Fsp3) is 0.731. The molecule has 0 radical (unpaired) electrons. The van der Waals surface area contributed by atoms with Gasteiger partial charge in [-0.1, -0.05) is 27.2 Å². The standard InChI is InChI=1S/C26H42N2O3/c1-4-17-31-26(14-5-8-21(2)19-26)25(29)27-23-10-12-24(13-11-23)30-18-7-16-28-15-6-9-22(3)20-28/h10-13,21-22H,4-9,14-20H2,1-3H3,(H,27,29)/t21-,22+,26+/m0/s1. The van der Waals surface area contributed by atoms with E-state index in [1.807, 2.05) is 24.3 Å². The van der Waals surface area contributed by atoms with Crippen molar-refractivity contribution in [3.05, 3.63) is 24.3 Å². The molecule has 5 heteroatoms. The van der Waals surface area contributed by atoms with Crippen LogP contribution in [0.5, 0.6) is 5.75 Å². The number of likely N-dealkylation sites (tertiary alicyclic amines) is 1. The lowest BCUT2D eigenvalue weighted by Gasteiger charge is -2.38. The molecule has 0 unspecified atom stereocenters. The van der Waals surface area contributed by atoms with Gasteiger partial charge in [0.15, 0.2) is 0 Å². The Balaban J connectivity index is 1.46. The van der Waals surface area contributed by atoms with Crippen molar-refractivity contribution in [3.63, 3.8) is 0 Å². The minimum absolute atomic E-state index is 0.00284. The van der Waals surface area contributed by atoms with Gasteiger partial charge in [0.25, 0.3) is 5.91 Å². The molecule has 1 amide bonds. The van der Waals surface area contributed by atoms with Gasteiger partial charge in [0.2, 0.25) is 0 Å². The van der Waals surface area contributed by atoms with Crippen molar-refractivity contribution in [3.8, 4) is 5.75 Å². The molecule has 0 aromatic heterocycles. The number of carbonyl (C=O) groups is 1. The average molecular weight is 431 g/mol. The highest BCUT2D eigenvalue weighted by Gasteiger charge is 2.42. The molecule has 1 aromatic rings. The number of hydrogen-bond acceptors (Lipinski definition) is 4. The Morgan fingerprint density at radius 1 is 1.13 bits per heavy atom. The Bertz CT molecular complexity index is 678. The zero-order chi connectivity index (χ0) is 22.1. The van der Waals surface area contributed by atoms with Crippen LogP contribution in [0.3, 0.4) is 0 Å². The third-order valence-corrected chi connectivity index (χ3v) is 6.69. The fourth-order valence-electron chi connectivity index (χ4n) is 5.05. The lowest BCUT2D eigenvalue weighted by atomic mass is 9.78. The smallest absolute Gasteiger partial charge is 0.256 e. The summed E-state index contributed by atoms with van der Waals surface area (Å²) in [4.78, 5) is 15.7. The minimum Gasteiger partial charge on any atom is -0.494 e. The van der Waals surface area contributed by atoms with Gasteiger partial charge >= 0.3 is 0 Å². The topological polar surface area (TPSA) is 50.8 Å². The quantitative estimate of drug-likeness (QED) is 0.498. The molecule has 2 fully saturated rings. The zero-order valence-electron chi connectivity index (χ0n) is 19.8. The first-order chi connectivity index (χ1) is 15.0. The molecule has 1 saturated heterocycles. The molecule has 0 bridgehead atoms. The molecule has 31 heavy (non-hydrogen) atoms. The van der Waals surface area contributed by atoms with Crippen molar-refractivity contribution >= 4 is 11.6 Å². The van der Waals surface area contributed by atoms with Crippen molar-refractivity contribution in [1.82, 2.24) is 4.90 Å². The molecule has 1 heterocycles. The van der Waals surface area contributed by atoms with E-state index in [1.54, 1.807) is 0 Å². The van der Waals surface area contributed by atoms with Gasteiger partial charge in [-0.15, -0.1) is 0 Å². The van der Waals surface area contributed by atoms with Gasteiger partial charge in [-0.05, 0) is 87.6 Å². The zero-order valence-corrected chi connectivity index (χ0v) is 19.8. The normalized spacial score (nSPS) is 27.1. The van der Waals surface area contributed by atoms with Crippen molar-refractivity contribution in [2.45, 2.75) is 77.7 Å². The number of piperidine rings is 1. The number of amides is 1. The van der Waals surface area contributed by atoms with Crippen LogP contribution < -0.4 is 10.1 Å². The third kappa shape index (κ3) is 7.21. The second kappa shape index (κ2) is 11.9. The lowest BCUT2D eigenvalue weighted by molar-refractivity contribution is -0.148. The van der Waals surface area contributed by atoms with E-state index in [4.69, 9.17) is 9.47 Å². The molecule has 3 rings (SSSR count). The molecule has 3 atom stereocenters. The summed E-state index contributed by atoms with van der Waals surface area (Å²) in [5, 5.41) is 3.10. The Labute approximate surface area is 188 Å². The maximum atomic E-state index is 13.1. The summed E-state index contributed by atoms with van der Waals surface area (Å²) in [6.45, 7) is 11.5. The van der Waals surface area contributed by atoms with Gasteiger partial charge in [0.05, 0.1) is 6.61 Å². The predicted molar refractivity (Wildman–Crippen MR) is 127 cm³/mol. The summed E-state index contributed by atoms with van der Waals surface area (Å²) in [6.07, 6.45) is 8.47. The van der Waals surface area contributed by atoms with E-state index in [-0.39, 0.29) is 5.91 Å². The van der Waals surface area contributed by atoms with Crippen LogP contribution in [0.2, 0.25) is 0 Å². The van der Waals surface area contributed by atoms with Crippen molar-refractivity contribution in [1.29, 1.82) is 0 Å². The van der Waals surface area contributed by atoms with Crippen LogP contribution in [0.1, 0.15) is 72.1 Å². The van der Waals surface area contributed by atoms with Gasteiger partial charge in [-0.25, -0.2) is 0 Å². The van der Waals surface area contributed by atoms with Gasteiger partial charge in [-0.3, -0.25) is 4.79 Å². The van der Waals surface area contributed by atoms with Crippen LogP contribution in [0.15, 0.2) is 24.3 Å². The SMILES string of the molecule is CCCO[C@]1(C(=O)Nc2ccc(OCCCN3CCC[C@@H](C)C3)cc2)CCC[C@H](C)C1. The maximum absolute atomic E-state index is 13.1. The van der Waals surface area contributed by atoms with E-state index in [1.165, 1.54) is 32.4 Å². The molecule has 1 aromatic carbocycles. The minimum atomic E-state index is -0.686. The van der Waals surface area contributed by atoms with Gasteiger partial charge in [-0.2, -0.15) is 0 Å². The lowest BCUT2D eigenvalue weighted by Crippen LogP contribution is -2.48. The van der Waals surface area contributed by atoms with Crippen molar-refractivity contribution in [2.24, 2.45) is 11.8 Å². The number of nitrogens with one attached hydrogen (secondary N) is 1. The number of ether oxygens (including phenoxy) is 2. The van der Waals surface area contributed by atoms with Gasteiger partial charge in [0.1, 0.15) is 11.4 Å². The molecule has 1 aliphatic heterocycles. The highest BCUT2D eigenvalue weighted by atomic mass is 16.5. The number of carbonyl (C=O) groups excluding carboxylic acids is 1. The number of anilines is 1. The van der Waals surface area contributed by atoms with E-state index in [0.717, 1.165) is 62.6 Å². The van der Waals surface area contributed by atoms with Gasteiger partial charge in [0, 0.05) is 25.4 Å². The van der Waals surface area contributed by atoms with Crippen LogP contribution in [0, 0.1) is 11.8 Å². The Hall–Kier alpha value is -1.59. The van der Waals surface area contributed by atoms with E-state index in [9.17, 15) is 4.79 Å². The summed E-state index contributed by atoms with van der Waals surface area (Å²) in [5.74, 6) is 2.19. The molecule has 5 nitrogen and oxygen atoms in total. The molecule has 1 N–H and O–H groups in total. The largest absolute Gasteiger partial charge is 0.494 e. The first-order valence-corrected chi connectivity index (χ1v) is 12.4. The average Bonchev–Trinajstić information content (AvgIpc) is 2.76. The highest BCUT2D eigenvalue weighted by Crippen LogP contribution is 2.36. The maximum Gasteiger partial charge on any atom is 0.256 e. The molecule has 0 spiro atoms. The summed E-state index contributed by atoms with van der Waals surface area (Å²) < 4.78 is 12.1.